The fourth-order valence-corrected chi connectivity index (χ4v) is 1.10. The largest absolute Gasteiger partial charge is 0.409 e. The zero-order valence-corrected chi connectivity index (χ0v) is 7.72. The smallest absolute Gasteiger partial charge is 0.341 e. The van der Waals surface area contributed by atoms with Crippen molar-refractivity contribution >= 4 is 34.8 Å². The second kappa shape index (κ2) is 3.05. The van der Waals surface area contributed by atoms with E-state index in [0.717, 1.165) is 0 Å². The molecule has 0 amide bonds. The second-order valence-corrected chi connectivity index (χ2v) is 3.02. The van der Waals surface area contributed by atoms with Crippen LogP contribution in [-0.2, 0) is 0 Å². The van der Waals surface area contributed by atoms with Gasteiger partial charge in [-0.2, -0.15) is 0 Å². The molecular formula is C6H3Cl3O2. The predicted octanol–water partition coefficient (Wildman–Crippen LogP) is 2.91. The molecule has 2 nitrogen and oxygen atoms in total. The number of hydrogen-bond acceptors (Lipinski definition) is 2. The van der Waals surface area contributed by atoms with Gasteiger partial charge in [0, 0.05) is 0 Å². The molecule has 0 saturated carbocycles. The van der Waals surface area contributed by atoms with Crippen molar-refractivity contribution in [3.8, 4) is 0 Å². The molecule has 5 heteroatoms. The summed E-state index contributed by atoms with van der Waals surface area (Å²) in [6.45, 7) is 1.51. The van der Waals surface area contributed by atoms with E-state index in [1.807, 2.05) is 0 Å². The Bertz CT molecular complexity index is 342. The summed E-state index contributed by atoms with van der Waals surface area (Å²) < 4.78 is 4.51. The fraction of sp³-hybridized carbons (Fsp3) is 0.167. The van der Waals surface area contributed by atoms with E-state index in [9.17, 15) is 4.79 Å². The SMILES string of the molecule is Cc1c(Cl)c(Cl)c(Cl)oc1=O. The topological polar surface area (TPSA) is 30.2 Å². The third-order valence-corrected chi connectivity index (χ3v) is 2.48. The maximum Gasteiger partial charge on any atom is 0.341 e. The van der Waals surface area contributed by atoms with Gasteiger partial charge < -0.3 is 4.42 Å². The molecule has 0 unspecified atom stereocenters. The average Bonchev–Trinajstić information content (AvgIpc) is 1.97. The zero-order valence-electron chi connectivity index (χ0n) is 5.45. The summed E-state index contributed by atoms with van der Waals surface area (Å²) in [5.41, 5.74) is -0.300. The third-order valence-electron chi connectivity index (χ3n) is 1.18. The standard InChI is InChI=1S/C6H3Cl3O2/c1-2-3(7)4(8)5(9)11-6(2)10/h1H3. The van der Waals surface area contributed by atoms with E-state index in [4.69, 9.17) is 34.8 Å². The monoisotopic (exact) mass is 212 g/mol. The van der Waals surface area contributed by atoms with Crippen LogP contribution >= 0.6 is 34.8 Å². The van der Waals surface area contributed by atoms with Crippen LogP contribution in [0.1, 0.15) is 5.56 Å². The second-order valence-electron chi connectivity index (χ2n) is 1.92. The van der Waals surface area contributed by atoms with Gasteiger partial charge in [-0.15, -0.1) is 0 Å². The molecule has 0 aliphatic rings. The van der Waals surface area contributed by atoms with Crippen molar-refractivity contribution < 1.29 is 4.42 Å². The highest BCUT2D eigenvalue weighted by Gasteiger charge is 2.11. The van der Waals surface area contributed by atoms with Gasteiger partial charge in [0.1, 0.15) is 5.02 Å². The molecule has 0 radical (unpaired) electrons. The van der Waals surface area contributed by atoms with Crippen LogP contribution in [0.15, 0.2) is 9.21 Å². The van der Waals surface area contributed by atoms with Gasteiger partial charge in [0.15, 0.2) is 0 Å². The molecule has 0 atom stereocenters. The van der Waals surface area contributed by atoms with Crippen molar-refractivity contribution in [3.63, 3.8) is 0 Å². The lowest BCUT2D eigenvalue weighted by Gasteiger charge is -1.98. The Labute approximate surface area is 77.7 Å². The summed E-state index contributed by atoms with van der Waals surface area (Å²) in [6, 6.07) is 0. The third kappa shape index (κ3) is 1.53. The lowest BCUT2D eigenvalue weighted by molar-refractivity contribution is 0.508. The van der Waals surface area contributed by atoms with Gasteiger partial charge in [-0.3, -0.25) is 0 Å². The summed E-state index contributed by atoms with van der Waals surface area (Å²) in [4.78, 5) is 10.8. The van der Waals surface area contributed by atoms with E-state index < -0.39 is 5.63 Å². The number of rotatable bonds is 0. The minimum Gasteiger partial charge on any atom is -0.409 e. The summed E-state index contributed by atoms with van der Waals surface area (Å²) in [7, 11) is 0. The molecule has 0 aliphatic heterocycles. The molecule has 1 heterocycles. The van der Waals surface area contributed by atoms with E-state index in [1.54, 1.807) is 0 Å². The Morgan fingerprint density at radius 1 is 1.18 bits per heavy atom. The van der Waals surface area contributed by atoms with Crippen molar-refractivity contribution in [2.45, 2.75) is 6.92 Å². The van der Waals surface area contributed by atoms with Crippen molar-refractivity contribution in [2.75, 3.05) is 0 Å². The highest BCUT2D eigenvalue weighted by Crippen LogP contribution is 2.29. The van der Waals surface area contributed by atoms with Gasteiger partial charge in [0.05, 0.1) is 10.6 Å². The molecule has 60 valence electrons. The van der Waals surface area contributed by atoms with Crippen LogP contribution in [0.5, 0.6) is 0 Å². The highest BCUT2D eigenvalue weighted by molar-refractivity contribution is 6.47. The van der Waals surface area contributed by atoms with Gasteiger partial charge >= 0.3 is 5.63 Å². The Kier molecular flexibility index (Phi) is 2.47. The predicted molar refractivity (Wildman–Crippen MR) is 44.7 cm³/mol. The van der Waals surface area contributed by atoms with E-state index in [0.29, 0.717) is 0 Å². The maximum atomic E-state index is 10.8. The molecule has 1 aromatic rings. The highest BCUT2D eigenvalue weighted by atomic mass is 35.5. The Balaban J connectivity index is 3.59. The summed E-state index contributed by atoms with van der Waals surface area (Å²) in [5, 5.41) is 0.0469. The first-order chi connectivity index (χ1) is 5.04. The van der Waals surface area contributed by atoms with Crippen molar-refractivity contribution in [2.24, 2.45) is 0 Å². The summed E-state index contributed by atoms with van der Waals surface area (Å²) in [5.74, 6) is 0. The maximum absolute atomic E-state index is 10.8. The van der Waals surface area contributed by atoms with Crippen LogP contribution in [-0.4, -0.2) is 0 Å². The van der Waals surface area contributed by atoms with Crippen LogP contribution in [0.25, 0.3) is 0 Å². The average molecular weight is 213 g/mol. The molecule has 1 aromatic heterocycles. The molecule has 11 heavy (non-hydrogen) atoms. The van der Waals surface area contributed by atoms with Crippen LogP contribution in [0.4, 0.5) is 0 Å². The van der Waals surface area contributed by atoms with Crippen LogP contribution < -0.4 is 5.63 Å². The van der Waals surface area contributed by atoms with E-state index in [1.165, 1.54) is 6.92 Å². The molecule has 1 rings (SSSR count). The molecule has 0 fully saturated rings. The van der Waals surface area contributed by atoms with Gasteiger partial charge in [-0.25, -0.2) is 4.79 Å². The van der Waals surface area contributed by atoms with Crippen LogP contribution in [0.3, 0.4) is 0 Å². The molecule has 0 N–H and O–H groups in total. The normalized spacial score (nSPS) is 10.2. The van der Waals surface area contributed by atoms with Crippen molar-refractivity contribution in [1.82, 2.24) is 0 Å². The fourth-order valence-electron chi connectivity index (χ4n) is 0.543. The molecular weight excluding hydrogens is 210 g/mol. The van der Waals surface area contributed by atoms with Crippen molar-refractivity contribution in [1.29, 1.82) is 0 Å². The van der Waals surface area contributed by atoms with Crippen LogP contribution in [0, 0.1) is 6.92 Å². The molecule has 0 spiro atoms. The minimum atomic E-state index is -0.565. The molecule has 0 saturated heterocycles. The Hall–Kier alpha value is -0.180. The molecule has 0 bridgehead atoms. The van der Waals surface area contributed by atoms with Gasteiger partial charge in [0.25, 0.3) is 0 Å². The Morgan fingerprint density at radius 3 is 2.27 bits per heavy atom. The van der Waals surface area contributed by atoms with E-state index in [2.05, 4.69) is 4.42 Å². The molecule has 0 aromatic carbocycles. The number of halogens is 3. The van der Waals surface area contributed by atoms with Gasteiger partial charge in [0.2, 0.25) is 5.22 Å². The van der Waals surface area contributed by atoms with E-state index in [-0.39, 0.29) is 20.8 Å². The van der Waals surface area contributed by atoms with Crippen molar-refractivity contribution in [3.05, 3.63) is 31.2 Å². The van der Waals surface area contributed by atoms with Gasteiger partial charge in [-0.1, -0.05) is 23.2 Å². The Morgan fingerprint density at radius 2 is 1.73 bits per heavy atom. The molecule has 0 aliphatic carbocycles. The summed E-state index contributed by atoms with van der Waals surface area (Å²) >= 11 is 16.6. The summed E-state index contributed by atoms with van der Waals surface area (Å²) in [6.07, 6.45) is 0. The lowest BCUT2D eigenvalue weighted by atomic mass is 10.3. The number of hydrogen-bond donors (Lipinski definition) is 0. The minimum absolute atomic E-state index is 0.0745. The quantitative estimate of drug-likeness (QED) is 0.663. The lowest BCUT2D eigenvalue weighted by Crippen LogP contribution is -2.03. The van der Waals surface area contributed by atoms with Gasteiger partial charge in [-0.05, 0) is 18.5 Å². The van der Waals surface area contributed by atoms with Crippen LogP contribution in [0.2, 0.25) is 15.3 Å². The zero-order chi connectivity index (χ0) is 8.59. The van der Waals surface area contributed by atoms with E-state index >= 15 is 0 Å². The first-order valence-electron chi connectivity index (χ1n) is 2.68. The first-order valence-corrected chi connectivity index (χ1v) is 3.81. The first kappa shape index (κ1) is 8.91.